The number of carbonyl (C=O) groups excluding carboxylic acids is 2. The predicted octanol–water partition coefficient (Wildman–Crippen LogP) is 4.94. The molecule has 0 saturated carbocycles. The van der Waals surface area contributed by atoms with Crippen LogP contribution in [0.2, 0.25) is 0 Å². The lowest BCUT2D eigenvalue weighted by atomic mass is 9.93. The van der Waals surface area contributed by atoms with E-state index in [0.29, 0.717) is 35.6 Å². The summed E-state index contributed by atoms with van der Waals surface area (Å²) in [7, 11) is 3.15. The number of rotatable bonds is 8. The average molecular weight is 561 g/mol. The molecule has 4 rings (SSSR count). The topological polar surface area (TPSA) is 97.5 Å². The van der Waals surface area contributed by atoms with Crippen LogP contribution in [0.3, 0.4) is 0 Å². The lowest BCUT2D eigenvalue weighted by Crippen LogP contribution is -2.43. The molecular formula is C28H25BrN4O4. The van der Waals surface area contributed by atoms with Gasteiger partial charge in [0.25, 0.3) is 11.8 Å². The number of para-hydroxylation sites is 1. The van der Waals surface area contributed by atoms with Crippen molar-refractivity contribution in [1.82, 2.24) is 14.7 Å². The smallest absolute Gasteiger partial charge is 0.271 e. The molecule has 0 N–H and O–H groups in total. The number of amides is 2. The number of nitriles is 1. The van der Waals surface area contributed by atoms with Crippen molar-refractivity contribution in [2.75, 3.05) is 27.4 Å². The first-order chi connectivity index (χ1) is 17.9. The van der Waals surface area contributed by atoms with Crippen LogP contribution in [0.5, 0.6) is 5.75 Å². The molecule has 0 bridgehead atoms. The first-order valence-electron chi connectivity index (χ1n) is 11.6. The van der Waals surface area contributed by atoms with Crippen LogP contribution < -0.4 is 4.74 Å². The highest BCUT2D eigenvalue weighted by Gasteiger charge is 2.35. The maximum absolute atomic E-state index is 13.5. The minimum absolute atomic E-state index is 0.0486. The Labute approximate surface area is 223 Å². The summed E-state index contributed by atoms with van der Waals surface area (Å²) in [6, 6.07) is 17.2. The number of nitrogens with zero attached hydrogens (tertiary/aromatic N) is 4. The number of aromatic nitrogens is 2. The average Bonchev–Trinajstić information content (AvgIpc) is 3.33. The van der Waals surface area contributed by atoms with Crippen LogP contribution >= 0.6 is 15.9 Å². The van der Waals surface area contributed by atoms with E-state index in [-0.39, 0.29) is 17.7 Å². The summed E-state index contributed by atoms with van der Waals surface area (Å²) in [5.74, 6) is -0.360. The molecule has 0 saturated heterocycles. The van der Waals surface area contributed by atoms with Gasteiger partial charge in [0, 0.05) is 43.2 Å². The van der Waals surface area contributed by atoms with Crippen molar-refractivity contribution >= 4 is 33.8 Å². The number of halogens is 1. The largest absolute Gasteiger partial charge is 0.496 e. The molecule has 0 atom stereocenters. The van der Waals surface area contributed by atoms with E-state index in [1.807, 2.05) is 60.8 Å². The van der Waals surface area contributed by atoms with Crippen molar-refractivity contribution in [1.29, 1.82) is 5.26 Å². The fourth-order valence-corrected chi connectivity index (χ4v) is 4.64. The molecule has 1 aliphatic rings. The molecule has 3 aromatic rings. The third kappa shape index (κ3) is 5.26. The van der Waals surface area contributed by atoms with Crippen molar-refractivity contribution in [3.05, 3.63) is 81.5 Å². The lowest BCUT2D eigenvalue weighted by Gasteiger charge is -2.27. The van der Waals surface area contributed by atoms with Crippen molar-refractivity contribution < 1.29 is 19.1 Å². The van der Waals surface area contributed by atoms with Gasteiger partial charge in [-0.15, -0.1) is 0 Å². The lowest BCUT2D eigenvalue weighted by molar-refractivity contribution is -0.140. The van der Waals surface area contributed by atoms with Gasteiger partial charge in [-0.05, 0) is 71.3 Å². The Hall–Kier alpha value is -4.00. The third-order valence-electron chi connectivity index (χ3n) is 6.04. The monoisotopic (exact) mass is 560 g/mol. The Morgan fingerprint density at radius 1 is 1.11 bits per heavy atom. The molecule has 0 fully saturated rings. The highest BCUT2D eigenvalue weighted by molar-refractivity contribution is 9.10. The highest BCUT2D eigenvalue weighted by atomic mass is 79.9. The molecular weight excluding hydrogens is 536 g/mol. The zero-order valence-electron chi connectivity index (χ0n) is 20.7. The fraction of sp³-hybridized carbons (Fsp3) is 0.214. The standard InChI is InChI=1S/C28H25BrN4O4/c1-18-22(27(34)32(12-7-13-36-2)28(35)23(18)16-30)14-20-17-33(21-8-5-4-6-9-21)31-26(20)19-10-11-25(37-3)24(29)15-19/h4-6,8-11,14-15,17H,7,12-13H2,1-3H3/b22-14+. The SMILES string of the molecule is COCCCN1C(=O)C(C#N)=C(C)/C(=C\c2cn(-c3ccccc3)nc2-c2ccc(OC)c(Br)c2)C1=O. The van der Waals surface area contributed by atoms with Crippen LogP contribution in [0.4, 0.5) is 0 Å². The van der Waals surface area contributed by atoms with Gasteiger partial charge in [-0.1, -0.05) is 18.2 Å². The van der Waals surface area contributed by atoms with E-state index in [2.05, 4.69) is 15.9 Å². The number of methoxy groups -OCH3 is 2. The van der Waals surface area contributed by atoms with E-state index in [1.54, 1.807) is 31.9 Å². The van der Waals surface area contributed by atoms with E-state index in [9.17, 15) is 14.9 Å². The summed E-state index contributed by atoms with van der Waals surface area (Å²) in [4.78, 5) is 27.5. The van der Waals surface area contributed by atoms with E-state index >= 15 is 0 Å². The Morgan fingerprint density at radius 3 is 2.51 bits per heavy atom. The van der Waals surface area contributed by atoms with Gasteiger partial charge in [0.15, 0.2) is 0 Å². The molecule has 8 nitrogen and oxygen atoms in total. The van der Waals surface area contributed by atoms with Crippen LogP contribution in [0.15, 0.2) is 75.9 Å². The van der Waals surface area contributed by atoms with Crippen LogP contribution in [0, 0.1) is 11.3 Å². The van der Waals surface area contributed by atoms with Crippen molar-refractivity contribution in [2.45, 2.75) is 13.3 Å². The Morgan fingerprint density at radius 2 is 1.86 bits per heavy atom. The molecule has 9 heteroatoms. The quantitative estimate of drug-likeness (QED) is 0.220. The van der Waals surface area contributed by atoms with Crippen molar-refractivity contribution in [3.63, 3.8) is 0 Å². The van der Waals surface area contributed by atoms with Crippen LogP contribution in [-0.4, -0.2) is 53.9 Å². The number of ether oxygens (including phenoxy) is 2. The second kappa shape index (κ2) is 11.4. The third-order valence-corrected chi connectivity index (χ3v) is 6.66. The summed E-state index contributed by atoms with van der Waals surface area (Å²) < 4.78 is 12.9. The summed E-state index contributed by atoms with van der Waals surface area (Å²) in [6.07, 6.45) is 3.99. The maximum atomic E-state index is 13.5. The van der Waals surface area contributed by atoms with Crippen molar-refractivity contribution in [2.24, 2.45) is 0 Å². The molecule has 2 amide bonds. The van der Waals surface area contributed by atoms with Crippen molar-refractivity contribution in [3.8, 4) is 28.8 Å². The second-order valence-electron chi connectivity index (χ2n) is 8.34. The molecule has 0 spiro atoms. The van der Waals surface area contributed by atoms with E-state index in [0.717, 1.165) is 20.6 Å². The van der Waals surface area contributed by atoms with Crippen LogP contribution in [-0.2, 0) is 14.3 Å². The van der Waals surface area contributed by atoms with Crippen LogP contribution in [0.1, 0.15) is 18.9 Å². The molecule has 2 heterocycles. The molecule has 2 aromatic carbocycles. The second-order valence-corrected chi connectivity index (χ2v) is 9.19. The summed E-state index contributed by atoms with van der Waals surface area (Å²) in [5, 5.41) is 14.5. The van der Waals surface area contributed by atoms with Gasteiger partial charge in [0.1, 0.15) is 23.1 Å². The van der Waals surface area contributed by atoms with Gasteiger partial charge in [0.05, 0.1) is 17.3 Å². The Balaban J connectivity index is 1.88. The van der Waals surface area contributed by atoms with Gasteiger partial charge in [-0.3, -0.25) is 14.5 Å². The molecule has 0 unspecified atom stereocenters. The normalized spacial score (nSPS) is 14.9. The Kier molecular flexibility index (Phi) is 8.01. The summed E-state index contributed by atoms with van der Waals surface area (Å²) in [5.41, 5.74) is 3.50. The predicted molar refractivity (Wildman–Crippen MR) is 143 cm³/mol. The summed E-state index contributed by atoms with van der Waals surface area (Å²) >= 11 is 3.53. The fourth-order valence-electron chi connectivity index (χ4n) is 4.10. The maximum Gasteiger partial charge on any atom is 0.271 e. The highest BCUT2D eigenvalue weighted by Crippen LogP contribution is 2.34. The number of benzene rings is 2. The number of hydrogen-bond acceptors (Lipinski definition) is 6. The molecule has 188 valence electrons. The van der Waals surface area contributed by atoms with Gasteiger partial charge < -0.3 is 9.47 Å². The van der Waals surface area contributed by atoms with E-state index in [4.69, 9.17) is 14.6 Å². The van der Waals surface area contributed by atoms with Gasteiger partial charge in [-0.2, -0.15) is 10.4 Å². The van der Waals surface area contributed by atoms with E-state index < -0.39 is 11.8 Å². The van der Waals surface area contributed by atoms with Crippen LogP contribution in [0.25, 0.3) is 23.0 Å². The molecule has 0 radical (unpaired) electrons. The number of hydrogen-bond donors (Lipinski definition) is 0. The Bertz CT molecular complexity index is 1450. The first kappa shape index (κ1) is 26.1. The van der Waals surface area contributed by atoms with E-state index in [1.165, 1.54) is 0 Å². The van der Waals surface area contributed by atoms with Gasteiger partial charge in [0.2, 0.25) is 0 Å². The molecule has 1 aliphatic heterocycles. The zero-order valence-corrected chi connectivity index (χ0v) is 22.3. The molecule has 0 aliphatic carbocycles. The molecule has 37 heavy (non-hydrogen) atoms. The first-order valence-corrected chi connectivity index (χ1v) is 12.4. The van der Waals surface area contributed by atoms with Gasteiger partial charge in [-0.25, -0.2) is 4.68 Å². The minimum atomic E-state index is -0.586. The molecule has 1 aromatic heterocycles. The van der Waals surface area contributed by atoms with Gasteiger partial charge >= 0.3 is 0 Å². The zero-order chi connectivity index (χ0) is 26.5. The number of imide groups is 1. The minimum Gasteiger partial charge on any atom is -0.496 e. The number of carbonyl (C=O) groups is 2. The summed E-state index contributed by atoms with van der Waals surface area (Å²) in [6.45, 7) is 2.17.